The number of carbonyl (C=O) groups is 1. The van der Waals surface area contributed by atoms with Crippen molar-refractivity contribution in [2.24, 2.45) is 0 Å². The van der Waals surface area contributed by atoms with E-state index in [0.29, 0.717) is 12.4 Å². The van der Waals surface area contributed by atoms with Crippen LogP contribution >= 0.6 is 11.6 Å². The monoisotopic (exact) mass is 194 g/mol. The molecule has 0 bridgehead atoms. The van der Waals surface area contributed by atoms with Crippen LogP contribution in [0.1, 0.15) is 6.92 Å². The van der Waals surface area contributed by atoms with Crippen molar-refractivity contribution < 1.29 is 9.90 Å². The smallest absolute Gasteiger partial charge is 0.317 e. The Morgan fingerprint density at radius 3 is 2.75 bits per heavy atom. The molecule has 0 saturated heterocycles. The Morgan fingerprint density at radius 2 is 2.33 bits per heavy atom. The number of halogens is 1. The molecule has 4 nitrogen and oxygen atoms in total. The summed E-state index contributed by atoms with van der Waals surface area (Å²) in [5.74, 6) is 0.396. The molecular weight excluding hydrogens is 180 g/mol. The number of carbonyl (C=O) groups excluding carboxylic acids is 1. The highest BCUT2D eigenvalue weighted by Crippen LogP contribution is 1.93. The van der Waals surface area contributed by atoms with Crippen LogP contribution in [0.5, 0.6) is 0 Å². The maximum atomic E-state index is 11.1. The second-order valence-electron chi connectivity index (χ2n) is 2.56. The molecular formula is C7H15ClN2O2. The number of aliphatic hydroxyl groups is 1. The van der Waals surface area contributed by atoms with E-state index in [1.807, 2.05) is 0 Å². The van der Waals surface area contributed by atoms with Crippen molar-refractivity contribution in [3.63, 3.8) is 0 Å². The van der Waals surface area contributed by atoms with Crippen LogP contribution in [0.15, 0.2) is 0 Å². The van der Waals surface area contributed by atoms with Gasteiger partial charge in [-0.15, -0.1) is 11.6 Å². The number of urea groups is 1. The number of amides is 2. The van der Waals surface area contributed by atoms with Crippen molar-refractivity contribution in [1.29, 1.82) is 0 Å². The molecule has 0 radical (unpaired) electrons. The van der Waals surface area contributed by atoms with E-state index in [9.17, 15) is 4.79 Å². The number of rotatable bonds is 4. The van der Waals surface area contributed by atoms with Gasteiger partial charge in [0.25, 0.3) is 0 Å². The number of hydrogen-bond donors (Lipinski definition) is 2. The second-order valence-corrected chi connectivity index (χ2v) is 2.94. The minimum Gasteiger partial charge on any atom is -0.394 e. The summed E-state index contributed by atoms with van der Waals surface area (Å²) < 4.78 is 0. The van der Waals surface area contributed by atoms with E-state index in [1.54, 1.807) is 14.0 Å². The van der Waals surface area contributed by atoms with Gasteiger partial charge in [0.2, 0.25) is 0 Å². The molecule has 0 saturated carbocycles. The molecule has 0 heterocycles. The van der Waals surface area contributed by atoms with Crippen LogP contribution in [0.25, 0.3) is 0 Å². The normalized spacial score (nSPS) is 12.3. The third kappa shape index (κ3) is 3.78. The lowest BCUT2D eigenvalue weighted by Crippen LogP contribution is -2.44. The Labute approximate surface area is 77.5 Å². The third-order valence-corrected chi connectivity index (χ3v) is 1.81. The molecule has 1 atom stereocenters. The van der Waals surface area contributed by atoms with Gasteiger partial charge in [-0.2, -0.15) is 0 Å². The van der Waals surface area contributed by atoms with Gasteiger partial charge in [-0.1, -0.05) is 0 Å². The van der Waals surface area contributed by atoms with Crippen LogP contribution in [0.4, 0.5) is 4.79 Å². The van der Waals surface area contributed by atoms with E-state index in [1.165, 1.54) is 4.90 Å². The van der Waals surface area contributed by atoms with Crippen LogP contribution in [0.3, 0.4) is 0 Å². The van der Waals surface area contributed by atoms with Gasteiger partial charge in [-0.3, -0.25) is 0 Å². The van der Waals surface area contributed by atoms with Gasteiger partial charge in [-0.25, -0.2) is 4.79 Å². The Bertz CT molecular complexity index is 143. The molecule has 0 spiro atoms. The number of hydrogen-bond acceptors (Lipinski definition) is 2. The van der Waals surface area contributed by atoms with Crippen LogP contribution in [-0.4, -0.2) is 48.2 Å². The Kier molecular flexibility index (Phi) is 5.84. The van der Waals surface area contributed by atoms with E-state index in [4.69, 9.17) is 16.7 Å². The van der Waals surface area contributed by atoms with Gasteiger partial charge in [0.15, 0.2) is 0 Å². The molecule has 0 rings (SSSR count). The van der Waals surface area contributed by atoms with Crippen LogP contribution in [0.2, 0.25) is 0 Å². The lowest BCUT2D eigenvalue weighted by atomic mass is 10.3. The molecule has 0 fully saturated rings. The zero-order valence-electron chi connectivity index (χ0n) is 7.38. The van der Waals surface area contributed by atoms with E-state index >= 15 is 0 Å². The maximum absolute atomic E-state index is 11.1. The number of nitrogens with zero attached hydrogens (tertiary/aromatic N) is 1. The fourth-order valence-electron chi connectivity index (χ4n) is 0.602. The highest BCUT2D eigenvalue weighted by molar-refractivity contribution is 6.18. The topological polar surface area (TPSA) is 52.6 Å². The van der Waals surface area contributed by atoms with E-state index in [2.05, 4.69) is 5.32 Å². The van der Waals surface area contributed by atoms with Crippen molar-refractivity contribution in [1.82, 2.24) is 10.2 Å². The van der Waals surface area contributed by atoms with Gasteiger partial charge < -0.3 is 15.3 Å². The van der Waals surface area contributed by atoms with Crippen LogP contribution in [0, 0.1) is 0 Å². The lowest BCUT2D eigenvalue weighted by molar-refractivity contribution is 0.158. The van der Waals surface area contributed by atoms with Crippen molar-refractivity contribution in [2.45, 2.75) is 13.0 Å². The first kappa shape index (κ1) is 11.5. The Hall–Kier alpha value is -0.480. The van der Waals surface area contributed by atoms with Crippen LogP contribution < -0.4 is 5.32 Å². The maximum Gasteiger partial charge on any atom is 0.317 e. The first-order chi connectivity index (χ1) is 5.63. The molecule has 0 aliphatic carbocycles. The van der Waals surface area contributed by atoms with Crippen molar-refractivity contribution >= 4 is 17.6 Å². The molecule has 0 aromatic heterocycles. The summed E-state index contributed by atoms with van der Waals surface area (Å²) in [7, 11) is 1.63. The number of likely N-dealkylation sites (N-methyl/N-ethyl adjacent to an activating group) is 1. The Balaban J connectivity index is 3.75. The molecule has 1 unspecified atom stereocenters. The standard InChI is InChI=1S/C7H15ClN2O2/c1-6(5-11)10(2)7(12)9-4-3-8/h6,11H,3-5H2,1-2H3,(H,9,12). The summed E-state index contributed by atoms with van der Waals surface area (Å²) in [6.45, 7) is 2.17. The van der Waals surface area contributed by atoms with Gasteiger partial charge >= 0.3 is 6.03 Å². The number of alkyl halides is 1. The first-order valence-corrected chi connectivity index (χ1v) is 4.34. The largest absolute Gasteiger partial charge is 0.394 e. The second kappa shape index (κ2) is 6.08. The summed E-state index contributed by atoms with van der Waals surface area (Å²) >= 11 is 5.38. The first-order valence-electron chi connectivity index (χ1n) is 3.81. The predicted molar refractivity (Wildman–Crippen MR) is 48.4 cm³/mol. The summed E-state index contributed by atoms with van der Waals surface area (Å²) in [6, 6.07) is -0.377. The van der Waals surface area contributed by atoms with E-state index in [-0.39, 0.29) is 18.7 Å². The third-order valence-electron chi connectivity index (χ3n) is 1.62. The zero-order valence-corrected chi connectivity index (χ0v) is 8.14. The average molecular weight is 195 g/mol. The fraction of sp³-hybridized carbons (Fsp3) is 0.857. The molecule has 0 aliphatic heterocycles. The van der Waals surface area contributed by atoms with Crippen molar-refractivity contribution in [3.8, 4) is 0 Å². The minimum atomic E-state index is -0.211. The van der Waals surface area contributed by atoms with Crippen molar-refractivity contribution in [3.05, 3.63) is 0 Å². The lowest BCUT2D eigenvalue weighted by Gasteiger charge is -2.23. The van der Waals surface area contributed by atoms with Gasteiger partial charge in [-0.05, 0) is 6.92 Å². The average Bonchev–Trinajstić information content (AvgIpc) is 2.11. The predicted octanol–water partition coefficient (Wildman–Crippen LogP) is 0.247. The van der Waals surface area contributed by atoms with Gasteiger partial charge in [0, 0.05) is 19.5 Å². The molecule has 0 aromatic rings. The fourth-order valence-corrected chi connectivity index (χ4v) is 0.696. The summed E-state index contributed by atoms with van der Waals surface area (Å²) in [6.07, 6.45) is 0. The molecule has 2 amide bonds. The minimum absolute atomic E-state index is 0.0369. The number of aliphatic hydroxyl groups excluding tert-OH is 1. The number of nitrogens with one attached hydrogen (secondary N) is 1. The summed E-state index contributed by atoms with van der Waals surface area (Å²) in [4.78, 5) is 12.6. The Morgan fingerprint density at radius 1 is 1.75 bits per heavy atom. The highest BCUT2D eigenvalue weighted by Gasteiger charge is 2.13. The quantitative estimate of drug-likeness (QED) is 0.631. The molecule has 12 heavy (non-hydrogen) atoms. The van der Waals surface area contributed by atoms with E-state index in [0.717, 1.165) is 0 Å². The van der Waals surface area contributed by atoms with Gasteiger partial charge in [0.05, 0.1) is 12.6 Å². The molecule has 5 heteroatoms. The summed E-state index contributed by atoms with van der Waals surface area (Å²) in [5.41, 5.74) is 0. The zero-order chi connectivity index (χ0) is 9.56. The summed E-state index contributed by atoms with van der Waals surface area (Å²) in [5, 5.41) is 11.3. The van der Waals surface area contributed by atoms with Crippen LogP contribution in [-0.2, 0) is 0 Å². The highest BCUT2D eigenvalue weighted by atomic mass is 35.5. The molecule has 0 aromatic carbocycles. The van der Waals surface area contributed by atoms with Gasteiger partial charge in [0.1, 0.15) is 0 Å². The molecule has 72 valence electrons. The SMILES string of the molecule is CC(CO)N(C)C(=O)NCCCl. The molecule has 0 aliphatic rings. The van der Waals surface area contributed by atoms with Crippen molar-refractivity contribution in [2.75, 3.05) is 26.1 Å². The van der Waals surface area contributed by atoms with E-state index < -0.39 is 0 Å². The molecule has 2 N–H and O–H groups in total.